The van der Waals surface area contributed by atoms with Crippen molar-refractivity contribution >= 4 is 157 Å². The Hall–Kier alpha value is -12.5. The highest BCUT2D eigenvalue weighted by molar-refractivity contribution is 6.37. The minimum absolute atomic E-state index is 0.0448. The summed E-state index contributed by atoms with van der Waals surface area (Å²) in [6, 6.07) is 59.3. The fraction of sp³-hybridized carbons (Fsp3) is 0.163. The summed E-state index contributed by atoms with van der Waals surface area (Å²) in [6.07, 6.45) is 9.35. The molecule has 3 aliphatic heterocycles. The van der Waals surface area contributed by atoms with Gasteiger partial charge in [-0.05, 0) is 207 Å². The highest BCUT2D eigenvalue weighted by atomic mass is 35.5. The topological polar surface area (TPSA) is 290 Å². The molecule has 0 bridgehead atoms. The summed E-state index contributed by atoms with van der Waals surface area (Å²) in [6.45, 7) is 8.30. The number of amides is 7. The molecule has 7 amide bonds. The molecule has 0 aliphatic carbocycles. The average Bonchev–Trinajstić information content (AvgIpc) is 1.31. The summed E-state index contributed by atoms with van der Waals surface area (Å²) < 4.78 is 36.7. The van der Waals surface area contributed by atoms with Crippen LogP contribution in [0.25, 0.3) is 45.0 Å². The lowest BCUT2D eigenvalue weighted by atomic mass is 10.1. The lowest BCUT2D eigenvalue weighted by Gasteiger charge is -2.34. The Morgan fingerprint density at radius 3 is 1.14 bits per heavy atom. The number of aromatic nitrogens is 5. The summed E-state index contributed by atoms with van der Waals surface area (Å²) in [7, 11) is 0. The minimum atomic E-state index is -4.54. The van der Waals surface area contributed by atoms with Gasteiger partial charge in [-0.2, -0.15) is 13.2 Å². The monoisotopic (exact) mass is 1820 g/mol. The molecule has 7 N–H and O–H groups in total. The number of alkyl halides is 3. The summed E-state index contributed by atoms with van der Waals surface area (Å²) in [4.78, 5) is 120. The third kappa shape index (κ3) is 25.8. The van der Waals surface area contributed by atoms with Crippen molar-refractivity contribution < 1.29 is 46.7 Å². The van der Waals surface area contributed by atoms with E-state index in [1.165, 1.54) is 17.7 Å². The number of rotatable bonds is 21. The molecule has 15 rings (SSSR count). The van der Waals surface area contributed by atoms with E-state index in [9.17, 15) is 46.7 Å². The second-order valence-electron chi connectivity index (χ2n) is 28.0. The number of hydrogen-bond donors (Lipinski definition) is 7. The summed E-state index contributed by atoms with van der Waals surface area (Å²) >= 11 is 44.0. The fourth-order valence-electron chi connectivity index (χ4n) is 12.9. The molecular weight excluding hydrogens is 1750 g/mol. The summed E-state index contributed by atoms with van der Waals surface area (Å²) in [5.41, 5.74) is 11.0. The second kappa shape index (κ2) is 44.2. The highest BCUT2D eigenvalue weighted by Crippen LogP contribution is 2.36. The van der Waals surface area contributed by atoms with E-state index in [1.807, 2.05) is 78.0 Å². The Morgan fingerprint density at radius 1 is 0.408 bits per heavy atom. The van der Waals surface area contributed by atoms with Crippen molar-refractivity contribution in [2.75, 3.05) is 98.6 Å². The molecule has 125 heavy (non-hydrogen) atoms. The van der Waals surface area contributed by atoms with Gasteiger partial charge in [0.1, 0.15) is 12.4 Å². The van der Waals surface area contributed by atoms with E-state index in [1.54, 1.807) is 175 Å². The van der Waals surface area contributed by atoms with Crippen LogP contribution in [-0.4, -0.2) is 165 Å². The number of halogens is 10. The molecule has 3 aliphatic rings. The van der Waals surface area contributed by atoms with Gasteiger partial charge in [0.2, 0.25) is 0 Å². The fourth-order valence-corrected chi connectivity index (χ4v) is 14.6. The maximum absolute atomic E-state index is 12.9. The number of pyridine rings is 5. The van der Waals surface area contributed by atoms with Crippen LogP contribution in [0.2, 0.25) is 35.2 Å². The number of carbonyl (C=O) groups is 7. The predicted octanol–water partition coefficient (Wildman–Crippen LogP) is 20.2. The Kier molecular flexibility index (Phi) is 32.5. The molecule has 2 fully saturated rings. The molecule has 2 saturated heterocycles. The van der Waals surface area contributed by atoms with E-state index in [-0.39, 0.29) is 61.3 Å². The molecule has 638 valence electrons. The number of aliphatic imine (C=N–C) groups is 1. The highest BCUT2D eigenvalue weighted by Gasteiger charge is 2.29. The third-order valence-corrected chi connectivity index (χ3v) is 21.8. The molecule has 0 radical (unpaired) electrons. The van der Waals surface area contributed by atoms with Gasteiger partial charge in [-0.25, -0.2) is 4.98 Å². The standard InChI is InChI=1S/C25H24Cl2N4O2.C23H20Cl2N4O2.C23H20ClN5O.C21H14Cl2F3N3O2/c1-2-30-11-13-31(14-12-30)25(33)17-6-8-19(22(27)15-17)24(32)29-18-7-9-21(26)20(16-18)23-5-3-4-10-28-23;24-19-7-5-16(14-18(19)21-3-1-2-8-27-21)28-22(30)17-6-4-15(13-20(17)25)23(31)29-11-9-26-10-12-29;24-20-6-5-18(13-19(20)21-3-1-2-10-26-21)29-23(30)17-4-7-22(28-15-17)27-12-9-16-8-11-25-14-16;22-16-7-5-13(10-15(16)18-3-1-2-8-27-18)29-20(31)14-6-4-12(9-17(14)23)19(30)28-11-21(24,25)26/h3-10,15-16H,2,11-14H2,1H3,(H,29,32);1-8,13-14,26H,9-12H2,(H,28,30);1-7,10-11,13-15H,8-9,12H2,(H,27,28)(H,29,30);1-10H,11H2,(H,28,30)(H,29,31). The number of nitrogens with one attached hydrogen (secondary N) is 7. The second-order valence-corrected chi connectivity index (χ2v) is 30.9. The van der Waals surface area contributed by atoms with Crippen LogP contribution in [0.1, 0.15) is 92.3 Å². The molecule has 12 aromatic rings. The largest absolute Gasteiger partial charge is 0.405 e. The molecule has 5 aromatic heterocycles. The van der Waals surface area contributed by atoms with Crippen LogP contribution < -0.4 is 37.2 Å². The molecule has 0 atom stereocenters. The zero-order chi connectivity index (χ0) is 88.5. The van der Waals surface area contributed by atoms with Crippen molar-refractivity contribution in [3.05, 3.63) is 329 Å². The van der Waals surface area contributed by atoms with Crippen LogP contribution in [0.15, 0.2) is 260 Å². The number of piperazine rings is 2. The van der Waals surface area contributed by atoms with Gasteiger partial charge in [0.15, 0.2) is 0 Å². The first-order valence-corrected chi connectivity index (χ1v) is 41.7. The van der Waals surface area contributed by atoms with E-state index in [2.05, 4.69) is 73.6 Å². The van der Waals surface area contributed by atoms with Gasteiger partial charge in [-0.3, -0.25) is 58.5 Å². The number of carbonyl (C=O) groups excluding carboxylic acids is 7. The average molecular weight is 1820 g/mol. The van der Waals surface area contributed by atoms with Crippen molar-refractivity contribution in [2.24, 2.45) is 4.99 Å². The first-order valence-electron chi connectivity index (χ1n) is 39.1. The zero-order valence-corrected chi connectivity index (χ0v) is 71.9. The number of nitrogens with zero attached hydrogens (tertiary/aromatic N) is 9. The maximum atomic E-state index is 12.9. The van der Waals surface area contributed by atoms with Crippen molar-refractivity contribution in [2.45, 2.75) is 25.9 Å². The Morgan fingerprint density at radius 2 is 0.792 bits per heavy atom. The first-order chi connectivity index (χ1) is 60.3. The van der Waals surface area contributed by atoms with E-state index in [4.69, 9.17) is 81.2 Å². The van der Waals surface area contributed by atoms with Gasteiger partial charge in [0.05, 0.1) is 80.2 Å². The van der Waals surface area contributed by atoms with Crippen molar-refractivity contribution in [1.82, 2.24) is 50.3 Å². The number of hydrogen-bond acceptors (Lipinski definition) is 16. The Labute approximate surface area is 752 Å². The normalized spacial score (nSPS) is 12.9. The van der Waals surface area contributed by atoms with E-state index in [0.717, 1.165) is 75.3 Å². The number of likely N-dealkylation sites (N-methyl/N-ethyl adjacent to an activating group) is 1. The summed E-state index contributed by atoms with van der Waals surface area (Å²) in [5.74, 6) is -1.94. The molecular formula is C92H78Cl7F3N16O7. The summed E-state index contributed by atoms with van der Waals surface area (Å²) in [5, 5.41) is 21.9. The molecule has 0 spiro atoms. The maximum Gasteiger partial charge on any atom is 0.405 e. The van der Waals surface area contributed by atoms with Crippen molar-refractivity contribution in [3.8, 4) is 45.0 Å². The first kappa shape index (κ1) is 91.7. The lowest BCUT2D eigenvalue weighted by Crippen LogP contribution is -2.48. The smallest absolute Gasteiger partial charge is 0.370 e. The van der Waals surface area contributed by atoms with Gasteiger partial charge < -0.3 is 51.9 Å². The van der Waals surface area contributed by atoms with Crippen LogP contribution in [0.4, 0.5) is 41.7 Å². The quantitative estimate of drug-likeness (QED) is 0.0352. The van der Waals surface area contributed by atoms with Crippen molar-refractivity contribution in [1.29, 1.82) is 0 Å². The predicted molar refractivity (Wildman–Crippen MR) is 489 cm³/mol. The van der Waals surface area contributed by atoms with Crippen LogP contribution in [0, 0.1) is 0 Å². The molecule has 33 heteroatoms. The zero-order valence-electron chi connectivity index (χ0n) is 66.6. The number of anilines is 5. The molecule has 7 aromatic carbocycles. The van der Waals surface area contributed by atoms with Crippen molar-refractivity contribution in [3.63, 3.8) is 0 Å². The molecule has 0 saturated carbocycles. The van der Waals surface area contributed by atoms with Gasteiger partial charge in [-0.15, -0.1) is 0 Å². The van der Waals surface area contributed by atoms with E-state index >= 15 is 0 Å². The molecule has 0 unspecified atom stereocenters. The van der Waals surface area contributed by atoms with E-state index in [0.29, 0.717) is 125 Å². The molecule has 23 nitrogen and oxygen atoms in total. The van der Waals surface area contributed by atoms with Gasteiger partial charge >= 0.3 is 6.18 Å². The van der Waals surface area contributed by atoms with Crippen LogP contribution in [0.5, 0.6) is 0 Å². The number of benzene rings is 7. The van der Waals surface area contributed by atoms with Gasteiger partial charge in [-0.1, -0.05) is 112 Å². The van der Waals surface area contributed by atoms with Gasteiger partial charge in [0.25, 0.3) is 41.4 Å². The Bertz CT molecular complexity index is 5940. The van der Waals surface area contributed by atoms with E-state index < -0.39 is 24.5 Å². The SMILES string of the molecule is CCN1CCN(C(=O)c2ccc(C(=O)Nc3ccc(Cl)c(-c4ccccn4)c3)c(Cl)c2)CC1.O=C(NCC(F)(F)F)c1ccc(C(=O)Nc2ccc(Cl)c(-c3ccccn3)c2)c(Cl)c1.O=C(Nc1ccc(Cl)c(-c2ccccn2)c1)c1ccc(C(=O)N2CCNCC2)cc1Cl.O=C(Nc1ccc(Cl)c(-c2ccccn2)c1)c1ccc(NCCC2=CN=CC2)nc1. The Balaban J connectivity index is 0.000000152. The molecule has 8 heterocycles. The lowest BCUT2D eigenvalue weighted by molar-refractivity contribution is -0.123. The van der Waals surface area contributed by atoms with Crippen LogP contribution >= 0.6 is 81.2 Å². The van der Waals surface area contributed by atoms with Gasteiger partial charge in [0, 0.05) is 170 Å². The van der Waals surface area contributed by atoms with Crippen LogP contribution in [0.3, 0.4) is 0 Å². The minimum Gasteiger partial charge on any atom is -0.370 e. The van der Waals surface area contributed by atoms with Crippen LogP contribution in [-0.2, 0) is 0 Å². The third-order valence-electron chi connectivity index (χ3n) is 19.5.